The summed E-state index contributed by atoms with van der Waals surface area (Å²) in [6, 6.07) is 18.2. The average molecular weight is 344 g/mol. The number of hydrogen-bond acceptors (Lipinski definition) is 1. The van der Waals surface area contributed by atoms with Gasteiger partial charge in [0, 0.05) is 17.1 Å². The summed E-state index contributed by atoms with van der Waals surface area (Å²) in [4.78, 5) is 0. The van der Waals surface area contributed by atoms with E-state index in [1.54, 1.807) is 0 Å². The molecule has 1 atom stereocenters. The van der Waals surface area contributed by atoms with Crippen LogP contribution in [0.1, 0.15) is 42.4 Å². The third kappa shape index (κ3) is 4.42. The Hall–Kier alpha value is -1.12. The predicted molar refractivity (Wildman–Crippen MR) is 92.6 cm³/mol. The Morgan fingerprint density at radius 1 is 1.10 bits per heavy atom. The van der Waals surface area contributed by atoms with Gasteiger partial charge in [0.05, 0.1) is 0 Å². The molecular weight excluding hydrogens is 322 g/mol. The Balaban J connectivity index is 1.52. The Morgan fingerprint density at radius 3 is 2.57 bits per heavy atom. The highest BCUT2D eigenvalue weighted by atomic mass is 79.9. The molecule has 0 spiro atoms. The fraction of sp³-hybridized carbons (Fsp3) is 0.368. The van der Waals surface area contributed by atoms with Crippen LogP contribution in [0.4, 0.5) is 0 Å². The van der Waals surface area contributed by atoms with Crippen LogP contribution in [-0.4, -0.2) is 6.04 Å². The van der Waals surface area contributed by atoms with Gasteiger partial charge in [0.15, 0.2) is 0 Å². The quantitative estimate of drug-likeness (QED) is 0.773. The van der Waals surface area contributed by atoms with Gasteiger partial charge in [-0.05, 0) is 60.9 Å². The van der Waals surface area contributed by atoms with Gasteiger partial charge in [-0.3, -0.25) is 0 Å². The van der Waals surface area contributed by atoms with Crippen LogP contribution in [0.3, 0.4) is 0 Å². The van der Waals surface area contributed by atoms with Crippen molar-refractivity contribution in [2.75, 3.05) is 0 Å². The molecule has 0 heterocycles. The molecule has 110 valence electrons. The van der Waals surface area contributed by atoms with Gasteiger partial charge in [-0.25, -0.2) is 0 Å². The van der Waals surface area contributed by atoms with E-state index in [2.05, 4.69) is 76.7 Å². The number of nitrogens with one attached hydrogen (secondary N) is 1. The lowest BCUT2D eigenvalue weighted by atomic mass is 10.1. The van der Waals surface area contributed by atoms with E-state index in [4.69, 9.17) is 0 Å². The molecule has 0 aromatic heterocycles. The van der Waals surface area contributed by atoms with E-state index in [0.717, 1.165) is 23.4 Å². The van der Waals surface area contributed by atoms with Crippen LogP contribution >= 0.6 is 15.9 Å². The summed E-state index contributed by atoms with van der Waals surface area (Å²) in [6.45, 7) is 3.21. The molecule has 1 fully saturated rings. The van der Waals surface area contributed by atoms with Gasteiger partial charge >= 0.3 is 0 Å². The van der Waals surface area contributed by atoms with E-state index in [1.165, 1.54) is 29.5 Å². The summed E-state index contributed by atoms with van der Waals surface area (Å²) in [5.41, 5.74) is 4.31. The minimum atomic E-state index is 0.482. The van der Waals surface area contributed by atoms with E-state index in [9.17, 15) is 0 Å². The van der Waals surface area contributed by atoms with Gasteiger partial charge in [0.25, 0.3) is 0 Å². The molecule has 1 N–H and O–H groups in total. The Bertz CT molecular complexity index is 587. The van der Waals surface area contributed by atoms with Crippen molar-refractivity contribution in [2.24, 2.45) is 0 Å². The third-order valence-electron chi connectivity index (χ3n) is 4.11. The van der Waals surface area contributed by atoms with E-state index >= 15 is 0 Å². The van der Waals surface area contributed by atoms with Crippen LogP contribution in [0.15, 0.2) is 53.0 Å². The molecule has 0 bridgehead atoms. The van der Waals surface area contributed by atoms with Crippen molar-refractivity contribution in [2.45, 2.75) is 44.7 Å². The molecule has 1 nitrogen and oxygen atoms in total. The molecule has 0 radical (unpaired) electrons. The number of halogens is 1. The molecule has 1 aliphatic carbocycles. The van der Waals surface area contributed by atoms with E-state index < -0.39 is 0 Å². The summed E-state index contributed by atoms with van der Waals surface area (Å²) in [5.74, 6) is 0.838. The standard InChI is InChI=1S/C19H22BrN/c1-14(11-15-5-9-19(20)10-6-15)21-13-16-3-2-4-18(12-16)17-7-8-17/h2-6,9-10,12,14,17,21H,7-8,11,13H2,1H3. The highest BCUT2D eigenvalue weighted by Gasteiger charge is 2.23. The number of hydrogen-bond donors (Lipinski definition) is 1. The fourth-order valence-electron chi connectivity index (χ4n) is 2.71. The molecule has 21 heavy (non-hydrogen) atoms. The van der Waals surface area contributed by atoms with Gasteiger partial charge < -0.3 is 5.32 Å². The molecule has 0 aliphatic heterocycles. The first-order valence-electron chi connectivity index (χ1n) is 7.77. The van der Waals surface area contributed by atoms with Crippen molar-refractivity contribution in [1.29, 1.82) is 0 Å². The molecule has 1 unspecified atom stereocenters. The van der Waals surface area contributed by atoms with Crippen LogP contribution in [0.2, 0.25) is 0 Å². The normalized spacial score (nSPS) is 15.9. The first-order chi connectivity index (χ1) is 10.2. The van der Waals surface area contributed by atoms with Crippen molar-refractivity contribution in [3.63, 3.8) is 0 Å². The van der Waals surface area contributed by atoms with Gasteiger partial charge in [0.2, 0.25) is 0 Å². The van der Waals surface area contributed by atoms with E-state index in [1.807, 2.05) is 0 Å². The second-order valence-electron chi connectivity index (χ2n) is 6.13. The highest BCUT2D eigenvalue weighted by Crippen LogP contribution is 2.40. The largest absolute Gasteiger partial charge is 0.310 e. The molecule has 1 saturated carbocycles. The lowest BCUT2D eigenvalue weighted by molar-refractivity contribution is 0.545. The highest BCUT2D eigenvalue weighted by molar-refractivity contribution is 9.10. The molecule has 0 amide bonds. The molecule has 3 rings (SSSR count). The Labute approximate surface area is 135 Å². The number of rotatable bonds is 6. The third-order valence-corrected chi connectivity index (χ3v) is 4.64. The van der Waals surface area contributed by atoms with Gasteiger partial charge in [-0.1, -0.05) is 52.3 Å². The molecule has 2 aromatic carbocycles. The summed E-state index contributed by atoms with van der Waals surface area (Å²) in [5, 5.41) is 3.64. The topological polar surface area (TPSA) is 12.0 Å². The van der Waals surface area contributed by atoms with E-state index in [0.29, 0.717) is 6.04 Å². The molecule has 1 aliphatic rings. The SMILES string of the molecule is CC(Cc1ccc(Br)cc1)NCc1cccc(C2CC2)c1. The van der Waals surface area contributed by atoms with Crippen molar-refractivity contribution >= 4 is 15.9 Å². The lowest BCUT2D eigenvalue weighted by Gasteiger charge is -2.14. The first kappa shape index (κ1) is 14.8. The minimum absolute atomic E-state index is 0.482. The number of benzene rings is 2. The predicted octanol–water partition coefficient (Wildman–Crippen LogP) is 5.05. The summed E-state index contributed by atoms with van der Waals surface area (Å²) >= 11 is 3.48. The maximum absolute atomic E-state index is 3.64. The summed E-state index contributed by atoms with van der Waals surface area (Å²) < 4.78 is 1.14. The van der Waals surface area contributed by atoms with Crippen molar-refractivity contribution in [3.05, 3.63) is 69.7 Å². The zero-order chi connectivity index (χ0) is 14.7. The maximum atomic E-state index is 3.64. The first-order valence-corrected chi connectivity index (χ1v) is 8.56. The van der Waals surface area contributed by atoms with Gasteiger partial charge in [-0.2, -0.15) is 0 Å². The zero-order valence-corrected chi connectivity index (χ0v) is 14.1. The second kappa shape index (κ2) is 6.76. The van der Waals surface area contributed by atoms with Crippen LogP contribution in [-0.2, 0) is 13.0 Å². The van der Waals surface area contributed by atoms with Crippen LogP contribution < -0.4 is 5.32 Å². The molecule has 2 aromatic rings. The molecular formula is C19H22BrN. The molecule has 2 heteroatoms. The van der Waals surface area contributed by atoms with Crippen LogP contribution in [0, 0.1) is 0 Å². The maximum Gasteiger partial charge on any atom is 0.0208 e. The van der Waals surface area contributed by atoms with Crippen LogP contribution in [0.5, 0.6) is 0 Å². The summed E-state index contributed by atoms with van der Waals surface area (Å²) in [7, 11) is 0. The average Bonchev–Trinajstić information content (AvgIpc) is 3.33. The zero-order valence-electron chi connectivity index (χ0n) is 12.5. The summed E-state index contributed by atoms with van der Waals surface area (Å²) in [6.07, 6.45) is 3.81. The smallest absolute Gasteiger partial charge is 0.0208 e. The monoisotopic (exact) mass is 343 g/mol. The van der Waals surface area contributed by atoms with Crippen molar-refractivity contribution < 1.29 is 0 Å². The van der Waals surface area contributed by atoms with Gasteiger partial charge in [0.1, 0.15) is 0 Å². The molecule has 0 saturated heterocycles. The van der Waals surface area contributed by atoms with Gasteiger partial charge in [-0.15, -0.1) is 0 Å². The fourth-order valence-corrected chi connectivity index (χ4v) is 2.98. The van der Waals surface area contributed by atoms with Crippen molar-refractivity contribution in [3.8, 4) is 0 Å². The lowest BCUT2D eigenvalue weighted by Crippen LogP contribution is -2.27. The van der Waals surface area contributed by atoms with Crippen molar-refractivity contribution in [1.82, 2.24) is 5.32 Å². The van der Waals surface area contributed by atoms with E-state index in [-0.39, 0.29) is 0 Å². The minimum Gasteiger partial charge on any atom is -0.310 e. The van der Waals surface area contributed by atoms with Crippen LogP contribution in [0.25, 0.3) is 0 Å². The Morgan fingerprint density at radius 2 is 1.86 bits per heavy atom. The second-order valence-corrected chi connectivity index (χ2v) is 7.05. The Kier molecular flexibility index (Phi) is 4.77.